The van der Waals surface area contributed by atoms with Gasteiger partial charge in [0.15, 0.2) is 0 Å². The summed E-state index contributed by atoms with van der Waals surface area (Å²) in [7, 11) is 0. The molecule has 1 N–H and O–H groups in total. The maximum atomic E-state index is 13.1. The Balaban J connectivity index is 1.38. The maximum Gasteiger partial charge on any atom is 0.225 e. The summed E-state index contributed by atoms with van der Waals surface area (Å²) in [5, 5.41) is 11.2. The molecule has 0 saturated carbocycles. The van der Waals surface area contributed by atoms with E-state index in [1.165, 1.54) is 12.1 Å². The SMILES string of the molecule is O=C(CCOc1cccc(F)c1)N1CCC(Nc2cccnn2)CC1. The molecule has 1 fully saturated rings. The Kier molecular flexibility index (Phi) is 5.77. The minimum Gasteiger partial charge on any atom is -0.493 e. The molecule has 0 spiro atoms. The fourth-order valence-corrected chi connectivity index (χ4v) is 2.83. The third-order valence-corrected chi connectivity index (χ3v) is 4.15. The lowest BCUT2D eigenvalue weighted by atomic mass is 10.0. The van der Waals surface area contributed by atoms with E-state index in [2.05, 4.69) is 15.5 Å². The van der Waals surface area contributed by atoms with E-state index in [0.29, 0.717) is 31.3 Å². The molecule has 2 heterocycles. The zero-order chi connectivity index (χ0) is 17.5. The number of carbonyl (C=O) groups excluding carboxylic acids is 1. The van der Waals surface area contributed by atoms with Gasteiger partial charge in [0.1, 0.15) is 17.4 Å². The molecule has 6 nitrogen and oxygen atoms in total. The van der Waals surface area contributed by atoms with E-state index in [0.717, 1.165) is 18.7 Å². The van der Waals surface area contributed by atoms with Gasteiger partial charge < -0.3 is 15.0 Å². The smallest absolute Gasteiger partial charge is 0.225 e. The molecule has 0 atom stereocenters. The summed E-state index contributed by atoms with van der Waals surface area (Å²) in [5.41, 5.74) is 0. The molecule has 1 aromatic heterocycles. The molecule has 2 aromatic rings. The van der Waals surface area contributed by atoms with Crippen LogP contribution in [0.2, 0.25) is 0 Å². The molecular formula is C18H21FN4O2. The summed E-state index contributed by atoms with van der Waals surface area (Å²) < 4.78 is 18.5. The Hall–Kier alpha value is -2.70. The Morgan fingerprint density at radius 1 is 1.28 bits per heavy atom. The average Bonchev–Trinajstić information content (AvgIpc) is 2.63. The summed E-state index contributed by atoms with van der Waals surface area (Å²) >= 11 is 0. The highest BCUT2D eigenvalue weighted by molar-refractivity contribution is 5.76. The predicted molar refractivity (Wildman–Crippen MR) is 91.8 cm³/mol. The van der Waals surface area contributed by atoms with Gasteiger partial charge in [0.05, 0.1) is 13.0 Å². The minimum absolute atomic E-state index is 0.0642. The third kappa shape index (κ3) is 5.14. The van der Waals surface area contributed by atoms with Crippen LogP contribution in [-0.4, -0.2) is 46.7 Å². The van der Waals surface area contributed by atoms with Gasteiger partial charge in [0, 0.05) is 31.4 Å². The van der Waals surface area contributed by atoms with E-state index in [1.54, 1.807) is 18.3 Å². The molecule has 0 aliphatic carbocycles. The number of rotatable bonds is 6. The van der Waals surface area contributed by atoms with Crippen molar-refractivity contribution in [2.45, 2.75) is 25.3 Å². The fourth-order valence-electron chi connectivity index (χ4n) is 2.83. The van der Waals surface area contributed by atoms with Gasteiger partial charge in [-0.15, -0.1) is 5.10 Å². The van der Waals surface area contributed by atoms with Gasteiger partial charge in [-0.2, -0.15) is 5.10 Å². The predicted octanol–water partition coefficient (Wildman–Crippen LogP) is 2.49. The minimum atomic E-state index is -0.346. The van der Waals surface area contributed by atoms with Crippen molar-refractivity contribution in [2.75, 3.05) is 25.0 Å². The summed E-state index contributed by atoms with van der Waals surface area (Å²) in [6, 6.07) is 9.95. The summed E-state index contributed by atoms with van der Waals surface area (Å²) in [6.45, 7) is 1.66. The van der Waals surface area contributed by atoms with E-state index >= 15 is 0 Å². The maximum absolute atomic E-state index is 13.1. The molecule has 132 valence electrons. The molecule has 3 rings (SSSR count). The molecule has 7 heteroatoms. The number of benzene rings is 1. The van der Waals surface area contributed by atoms with Crippen LogP contribution in [0.1, 0.15) is 19.3 Å². The number of ether oxygens (including phenoxy) is 1. The summed E-state index contributed by atoms with van der Waals surface area (Å²) in [5.74, 6) is 0.923. The summed E-state index contributed by atoms with van der Waals surface area (Å²) in [4.78, 5) is 14.1. The van der Waals surface area contributed by atoms with Crippen LogP contribution < -0.4 is 10.1 Å². The van der Waals surface area contributed by atoms with Crippen molar-refractivity contribution < 1.29 is 13.9 Å². The number of likely N-dealkylation sites (tertiary alicyclic amines) is 1. The van der Waals surface area contributed by atoms with Gasteiger partial charge in [-0.05, 0) is 37.1 Å². The highest BCUT2D eigenvalue weighted by atomic mass is 19.1. The number of hydrogen-bond donors (Lipinski definition) is 1. The first kappa shape index (κ1) is 17.1. The van der Waals surface area contributed by atoms with Crippen LogP contribution in [-0.2, 0) is 4.79 Å². The number of nitrogens with zero attached hydrogens (tertiary/aromatic N) is 3. The quantitative estimate of drug-likeness (QED) is 0.872. The van der Waals surface area contributed by atoms with Gasteiger partial charge in [0.25, 0.3) is 0 Å². The van der Waals surface area contributed by atoms with Gasteiger partial charge in [-0.25, -0.2) is 4.39 Å². The van der Waals surface area contributed by atoms with Crippen molar-refractivity contribution in [3.8, 4) is 5.75 Å². The number of aromatic nitrogens is 2. The van der Waals surface area contributed by atoms with Crippen LogP contribution in [0.5, 0.6) is 5.75 Å². The van der Waals surface area contributed by atoms with Crippen molar-refractivity contribution in [3.63, 3.8) is 0 Å². The molecule has 1 amide bonds. The molecule has 25 heavy (non-hydrogen) atoms. The monoisotopic (exact) mass is 344 g/mol. The highest BCUT2D eigenvalue weighted by Gasteiger charge is 2.22. The van der Waals surface area contributed by atoms with Crippen LogP contribution in [0.4, 0.5) is 10.2 Å². The molecule has 1 aliphatic rings. The zero-order valence-corrected chi connectivity index (χ0v) is 13.9. The number of halogens is 1. The van der Waals surface area contributed by atoms with Crippen LogP contribution in [0, 0.1) is 5.82 Å². The lowest BCUT2D eigenvalue weighted by Crippen LogP contribution is -2.42. The van der Waals surface area contributed by atoms with E-state index in [9.17, 15) is 9.18 Å². The number of carbonyl (C=O) groups is 1. The van der Waals surface area contributed by atoms with Crippen LogP contribution in [0.3, 0.4) is 0 Å². The molecule has 1 saturated heterocycles. The number of nitrogens with one attached hydrogen (secondary N) is 1. The molecule has 0 unspecified atom stereocenters. The van der Waals surface area contributed by atoms with Gasteiger partial charge >= 0.3 is 0 Å². The number of hydrogen-bond acceptors (Lipinski definition) is 5. The van der Waals surface area contributed by atoms with E-state index < -0.39 is 0 Å². The highest BCUT2D eigenvalue weighted by Crippen LogP contribution is 2.16. The number of amides is 1. The first-order valence-corrected chi connectivity index (χ1v) is 8.41. The van der Waals surface area contributed by atoms with Gasteiger partial charge in [-0.1, -0.05) is 6.07 Å². The van der Waals surface area contributed by atoms with Crippen molar-refractivity contribution in [2.24, 2.45) is 0 Å². The van der Waals surface area contributed by atoms with Crippen LogP contribution >= 0.6 is 0 Å². The normalized spacial score (nSPS) is 15.0. The van der Waals surface area contributed by atoms with E-state index in [-0.39, 0.29) is 18.3 Å². The molecule has 1 aliphatic heterocycles. The number of anilines is 1. The Morgan fingerprint density at radius 3 is 2.84 bits per heavy atom. The lowest BCUT2D eigenvalue weighted by molar-refractivity contribution is -0.132. The van der Waals surface area contributed by atoms with Crippen LogP contribution in [0.25, 0.3) is 0 Å². The largest absolute Gasteiger partial charge is 0.493 e. The molecule has 0 radical (unpaired) electrons. The van der Waals surface area contributed by atoms with Crippen molar-refractivity contribution in [1.82, 2.24) is 15.1 Å². The van der Waals surface area contributed by atoms with Crippen LogP contribution in [0.15, 0.2) is 42.6 Å². The molecule has 0 bridgehead atoms. The molecular weight excluding hydrogens is 323 g/mol. The number of piperidine rings is 1. The standard InChI is InChI=1S/C18H21FN4O2/c19-14-3-1-4-16(13-14)25-12-8-18(24)23-10-6-15(7-11-23)21-17-5-2-9-20-22-17/h1-5,9,13,15H,6-8,10-12H2,(H,21,22). The van der Waals surface area contributed by atoms with Crippen molar-refractivity contribution in [3.05, 3.63) is 48.4 Å². The summed E-state index contributed by atoms with van der Waals surface area (Å²) in [6.07, 6.45) is 3.66. The fraction of sp³-hybridized carbons (Fsp3) is 0.389. The van der Waals surface area contributed by atoms with Crippen molar-refractivity contribution in [1.29, 1.82) is 0 Å². The first-order valence-electron chi connectivity index (χ1n) is 8.41. The van der Waals surface area contributed by atoms with Crippen molar-refractivity contribution >= 4 is 11.7 Å². The average molecular weight is 344 g/mol. The second-order valence-corrected chi connectivity index (χ2v) is 5.96. The Bertz CT molecular complexity index is 690. The second-order valence-electron chi connectivity index (χ2n) is 5.96. The van der Waals surface area contributed by atoms with E-state index in [1.807, 2.05) is 17.0 Å². The van der Waals surface area contributed by atoms with Gasteiger partial charge in [-0.3, -0.25) is 4.79 Å². The second kappa shape index (κ2) is 8.41. The zero-order valence-electron chi connectivity index (χ0n) is 13.9. The topological polar surface area (TPSA) is 67.3 Å². The molecule has 1 aromatic carbocycles. The Morgan fingerprint density at radius 2 is 2.12 bits per heavy atom. The lowest BCUT2D eigenvalue weighted by Gasteiger charge is -2.32. The van der Waals surface area contributed by atoms with Gasteiger partial charge in [0.2, 0.25) is 5.91 Å². The third-order valence-electron chi connectivity index (χ3n) is 4.15. The first-order chi connectivity index (χ1) is 12.2. The van der Waals surface area contributed by atoms with E-state index in [4.69, 9.17) is 4.74 Å². The Labute approximate surface area is 146 Å².